The van der Waals surface area contributed by atoms with Crippen molar-refractivity contribution in [3.05, 3.63) is 88.5 Å². The van der Waals surface area contributed by atoms with Gasteiger partial charge in [-0.15, -0.1) is 0 Å². The van der Waals surface area contributed by atoms with E-state index in [9.17, 15) is 31.9 Å². The molecule has 0 amide bonds. The third-order valence-corrected chi connectivity index (χ3v) is 4.97. The summed E-state index contributed by atoms with van der Waals surface area (Å²) in [5.41, 5.74) is -0.0552. The lowest BCUT2D eigenvalue weighted by atomic mass is 10.1. The van der Waals surface area contributed by atoms with E-state index in [-0.39, 0.29) is 28.2 Å². The van der Waals surface area contributed by atoms with Crippen molar-refractivity contribution in [1.29, 1.82) is 0 Å². The minimum absolute atomic E-state index is 0.0159. The van der Waals surface area contributed by atoms with E-state index in [0.29, 0.717) is 5.56 Å². The Balaban J connectivity index is 1.49. The molecule has 0 aliphatic carbocycles. The lowest BCUT2D eigenvalue weighted by Gasteiger charge is -2.14. The first-order valence-electron chi connectivity index (χ1n) is 9.33. The molecule has 0 N–H and O–H groups in total. The first-order chi connectivity index (χ1) is 16.2. The molecule has 0 bridgehead atoms. The van der Waals surface area contributed by atoms with Gasteiger partial charge >= 0.3 is 17.9 Å². The molecule has 0 aromatic heterocycles. The van der Waals surface area contributed by atoms with Gasteiger partial charge in [0.25, 0.3) is 0 Å². The maximum atomic E-state index is 14.6. The molecule has 7 nitrogen and oxygen atoms in total. The summed E-state index contributed by atoms with van der Waals surface area (Å²) in [6.45, 7) is 3.52. The number of esters is 3. The van der Waals surface area contributed by atoms with Crippen LogP contribution < -0.4 is 9.47 Å². The van der Waals surface area contributed by atoms with E-state index in [1.165, 1.54) is 12.1 Å². The van der Waals surface area contributed by atoms with E-state index in [4.69, 9.17) is 14.2 Å². The molecule has 11 heteroatoms. The zero-order valence-electron chi connectivity index (χ0n) is 16.5. The summed E-state index contributed by atoms with van der Waals surface area (Å²) in [4.78, 5) is 34.9. The second-order valence-corrected chi connectivity index (χ2v) is 7.02. The lowest BCUT2D eigenvalue weighted by molar-refractivity contribution is 0.0443. The van der Waals surface area contributed by atoms with Crippen LogP contribution in [0.4, 0.5) is 17.6 Å². The van der Waals surface area contributed by atoms with Gasteiger partial charge in [-0.3, -0.25) is 0 Å². The quantitative estimate of drug-likeness (QED) is 0.221. The van der Waals surface area contributed by atoms with Crippen LogP contribution in [0.25, 0.3) is 5.76 Å². The Bertz CT molecular complexity index is 1340. The summed E-state index contributed by atoms with van der Waals surface area (Å²) in [5.74, 6) is -13.9. The van der Waals surface area contributed by atoms with Crippen molar-refractivity contribution in [3.63, 3.8) is 0 Å². The number of ether oxygens (including phenoxy) is 4. The van der Waals surface area contributed by atoms with Crippen LogP contribution >= 0.6 is 0 Å². The summed E-state index contributed by atoms with van der Waals surface area (Å²) in [6.07, 6.45) is 0. The van der Waals surface area contributed by atoms with Gasteiger partial charge in [0.05, 0.1) is 16.7 Å². The molecule has 5 rings (SSSR count). The number of benzene rings is 3. The largest absolute Gasteiger partial charge is 0.451 e. The summed E-state index contributed by atoms with van der Waals surface area (Å²) in [7, 11) is 0. The van der Waals surface area contributed by atoms with Crippen LogP contribution in [0, 0.1) is 23.3 Å². The minimum Gasteiger partial charge on any atom is -0.451 e. The Morgan fingerprint density at radius 2 is 1.00 bits per heavy atom. The topological polar surface area (TPSA) is 88.1 Å². The van der Waals surface area contributed by atoms with Crippen molar-refractivity contribution in [3.8, 4) is 23.0 Å². The maximum absolute atomic E-state index is 14.6. The maximum Gasteiger partial charge on any atom is 0.347 e. The normalized spacial score (nSPS) is 14.0. The third kappa shape index (κ3) is 3.17. The fourth-order valence-electron chi connectivity index (χ4n) is 3.35. The molecular formula is C23H8F4O7. The summed E-state index contributed by atoms with van der Waals surface area (Å²) in [6, 6.07) is 6.65. The first kappa shape index (κ1) is 21.2. The van der Waals surface area contributed by atoms with Crippen LogP contribution in [0.5, 0.6) is 23.0 Å². The van der Waals surface area contributed by atoms with Crippen molar-refractivity contribution in [2.75, 3.05) is 0 Å². The van der Waals surface area contributed by atoms with E-state index < -0.39 is 58.4 Å². The number of carbonyl (C=O) groups excluding carboxylic acids is 3. The highest BCUT2D eigenvalue weighted by Gasteiger charge is 2.33. The molecule has 0 saturated heterocycles. The third-order valence-electron chi connectivity index (χ3n) is 4.97. The monoisotopic (exact) mass is 472 g/mol. The number of hydrogen-bond donors (Lipinski definition) is 0. The van der Waals surface area contributed by atoms with E-state index in [2.05, 4.69) is 11.3 Å². The zero-order chi connectivity index (χ0) is 24.3. The van der Waals surface area contributed by atoms with E-state index in [1.807, 2.05) is 0 Å². The van der Waals surface area contributed by atoms with E-state index in [0.717, 1.165) is 24.3 Å². The molecule has 0 radical (unpaired) electrons. The van der Waals surface area contributed by atoms with Crippen LogP contribution in [0.3, 0.4) is 0 Å². The zero-order valence-corrected chi connectivity index (χ0v) is 16.5. The number of halogens is 4. The van der Waals surface area contributed by atoms with Crippen LogP contribution in [0.1, 0.15) is 36.6 Å². The Hall–Kier alpha value is -4.67. The Labute approximate surface area is 186 Å². The van der Waals surface area contributed by atoms with Gasteiger partial charge in [-0.25, -0.2) is 14.4 Å². The molecule has 2 heterocycles. The summed E-state index contributed by atoms with van der Waals surface area (Å²) >= 11 is 0. The second-order valence-electron chi connectivity index (χ2n) is 7.02. The number of carbonyl (C=O) groups is 3. The molecule has 34 heavy (non-hydrogen) atoms. The van der Waals surface area contributed by atoms with Crippen molar-refractivity contribution in [2.45, 2.75) is 0 Å². The number of rotatable bonds is 4. The van der Waals surface area contributed by atoms with Gasteiger partial charge in [-0.05, 0) is 36.4 Å². The Kier molecular flexibility index (Phi) is 4.64. The fraction of sp³-hybridized carbons (Fsp3) is 0. The van der Waals surface area contributed by atoms with Gasteiger partial charge in [-0.1, -0.05) is 6.58 Å². The van der Waals surface area contributed by atoms with E-state index >= 15 is 0 Å². The molecular weight excluding hydrogens is 464 g/mol. The average Bonchev–Trinajstić information content (AvgIpc) is 3.26. The second kappa shape index (κ2) is 7.44. The number of fused-ring (bicyclic) bond motifs is 2. The molecule has 0 atom stereocenters. The number of cyclic esters (lactones) is 3. The molecule has 0 spiro atoms. The predicted molar refractivity (Wildman–Crippen MR) is 104 cm³/mol. The molecule has 3 aromatic carbocycles. The molecule has 0 unspecified atom stereocenters. The van der Waals surface area contributed by atoms with Crippen LogP contribution in [-0.2, 0) is 9.47 Å². The smallest absolute Gasteiger partial charge is 0.347 e. The summed E-state index contributed by atoms with van der Waals surface area (Å²) in [5, 5.41) is 0. The van der Waals surface area contributed by atoms with Gasteiger partial charge in [0.2, 0.25) is 34.8 Å². The van der Waals surface area contributed by atoms with Gasteiger partial charge < -0.3 is 18.9 Å². The summed E-state index contributed by atoms with van der Waals surface area (Å²) < 4.78 is 77.6. The lowest BCUT2D eigenvalue weighted by Crippen LogP contribution is -2.04. The number of hydrogen-bond acceptors (Lipinski definition) is 7. The molecule has 0 saturated carbocycles. The molecule has 170 valence electrons. The van der Waals surface area contributed by atoms with Crippen molar-refractivity contribution in [1.82, 2.24) is 0 Å². The molecule has 3 aromatic rings. The predicted octanol–water partition coefficient (Wildman–Crippen LogP) is 5.28. The van der Waals surface area contributed by atoms with Gasteiger partial charge in [0, 0.05) is 5.56 Å². The highest BCUT2D eigenvalue weighted by molar-refractivity contribution is 6.14. The standard InChI is InChI=1S/C23H8F4O7/c1-8-11-4-2-9(6-13(11)22(29)31-8)32-19-15(24)17(26)20(18(27)16(19)25)33-10-3-5-12-14(7-10)23(30)34-21(12)28/h2-7H,1H2. The first-order valence-corrected chi connectivity index (χ1v) is 9.33. The SMILES string of the molecule is C=C1OC(=O)c2cc(Oc3c(F)c(F)c(Oc4ccc5c(c4)C(=O)OC5=O)c(F)c3F)ccc21. The minimum atomic E-state index is -1.93. The van der Waals surface area contributed by atoms with Crippen molar-refractivity contribution < 1.29 is 50.9 Å². The fourth-order valence-corrected chi connectivity index (χ4v) is 3.35. The Morgan fingerprint density at radius 1 is 0.588 bits per heavy atom. The van der Waals surface area contributed by atoms with Crippen molar-refractivity contribution in [2.24, 2.45) is 0 Å². The highest BCUT2D eigenvalue weighted by Crippen LogP contribution is 2.40. The van der Waals surface area contributed by atoms with Gasteiger partial charge in [0.1, 0.15) is 17.3 Å². The molecule has 0 fully saturated rings. The van der Waals surface area contributed by atoms with Crippen LogP contribution in [0.2, 0.25) is 0 Å². The molecule has 2 aliphatic heterocycles. The Morgan fingerprint density at radius 3 is 1.53 bits per heavy atom. The van der Waals surface area contributed by atoms with Crippen LogP contribution in [-0.4, -0.2) is 17.9 Å². The van der Waals surface area contributed by atoms with Crippen molar-refractivity contribution >= 4 is 23.7 Å². The van der Waals surface area contributed by atoms with E-state index in [1.54, 1.807) is 0 Å². The average molecular weight is 472 g/mol. The highest BCUT2D eigenvalue weighted by atomic mass is 19.2. The van der Waals surface area contributed by atoms with Gasteiger partial charge in [-0.2, -0.15) is 17.6 Å². The van der Waals surface area contributed by atoms with Gasteiger partial charge in [0.15, 0.2) is 0 Å². The molecule has 2 aliphatic rings. The van der Waals surface area contributed by atoms with Crippen LogP contribution in [0.15, 0.2) is 43.0 Å².